The molecule has 1 aliphatic carbocycles. The maximum Gasteiger partial charge on any atom is 0.0574 e. The molecule has 0 spiro atoms. The number of allylic oxidation sites excluding steroid dienone is 1. The molecule has 1 N–H and O–H groups in total. The normalized spacial score (nSPS) is 24.1. The molecule has 2 atom stereocenters. The van der Waals surface area contributed by atoms with Crippen LogP contribution in [0.3, 0.4) is 0 Å². The fraction of sp³-hybridized carbons (Fsp3) is 0.818. The minimum atomic E-state index is -0.186. The van der Waals surface area contributed by atoms with E-state index in [0.29, 0.717) is 5.92 Å². The van der Waals surface area contributed by atoms with E-state index in [1.54, 1.807) is 0 Å². The summed E-state index contributed by atoms with van der Waals surface area (Å²) in [5.41, 5.74) is 1.47. The fourth-order valence-electron chi connectivity index (χ4n) is 1.76. The van der Waals surface area contributed by atoms with E-state index in [1.807, 2.05) is 6.92 Å². The van der Waals surface area contributed by atoms with Crippen molar-refractivity contribution in [2.24, 2.45) is 5.92 Å². The molecule has 0 saturated heterocycles. The zero-order valence-corrected chi connectivity index (χ0v) is 8.21. The van der Waals surface area contributed by atoms with Crippen LogP contribution in [0, 0.1) is 5.92 Å². The Bertz CT molecular complexity index is 158. The lowest BCUT2D eigenvalue weighted by molar-refractivity contribution is 0.150. The summed E-state index contributed by atoms with van der Waals surface area (Å²) >= 11 is 0. The van der Waals surface area contributed by atoms with Crippen LogP contribution in [0.4, 0.5) is 0 Å². The van der Waals surface area contributed by atoms with Crippen LogP contribution in [0.25, 0.3) is 0 Å². The van der Waals surface area contributed by atoms with E-state index in [4.69, 9.17) is 0 Å². The number of aliphatic hydroxyl groups excluding tert-OH is 1. The van der Waals surface area contributed by atoms with Gasteiger partial charge in [0.1, 0.15) is 0 Å². The highest BCUT2D eigenvalue weighted by Crippen LogP contribution is 2.25. The van der Waals surface area contributed by atoms with Gasteiger partial charge >= 0.3 is 0 Å². The summed E-state index contributed by atoms with van der Waals surface area (Å²) in [5, 5.41) is 9.42. The minimum Gasteiger partial charge on any atom is -0.393 e. The summed E-state index contributed by atoms with van der Waals surface area (Å²) in [6.45, 7) is 4.01. The molecule has 0 aromatic rings. The van der Waals surface area contributed by atoms with Gasteiger partial charge in [-0.15, -0.1) is 0 Å². The quantitative estimate of drug-likeness (QED) is 0.629. The Labute approximate surface area is 75.5 Å². The van der Waals surface area contributed by atoms with Crippen molar-refractivity contribution in [1.82, 2.24) is 0 Å². The molecule has 0 saturated carbocycles. The van der Waals surface area contributed by atoms with Gasteiger partial charge in [0.25, 0.3) is 0 Å². The Morgan fingerprint density at radius 1 is 1.25 bits per heavy atom. The predicted octanol–water partition coefficient (Wildman–Crippen LogP) is 2.89. The van der Waals surface area contributed by atoms with Gasteiger partial charge in [-0.25, -0.2) is 0 Å². The Hall–Kier alpha value is -0.300. The molecule has 0 amide bonds. The number of rotatable bonds is 2. The third-order valence-corrected chi connectivity index (χ3v) is 2.88. The van der Waals surface area contributed by atoms with E-state index in [9.17, 15) is 5.11 Å². The Balaban J connectivity index is 2.52. The summed E-state index contributed by atoms with van der Waals surface area (Å²) in [6.07, 6.45) is 8.56. The second kappa shape index (κ2) is 4.66. The average molecular weight is 168 g/mol. The highest BCUT2D eigenvalue weighted by molar-refractivity contribution is 5.08. The largest absolute Gasteiger partial charge is 0.393 e. The number of hydrogen-bond donors (Lipinski definition) is 1. The molecule has 1 aliphatic rings. The van der Waals surface area contributed by atoms with Gasteiger partial charge in [0, 0.05) is 5.92 Å². The van der Waals surface area contributed by atoms with Crippen LogP contribution in [0.5, 0.6) is 0 Å². The van der Waals surface area contributed by atoms with Crippen molar-refractivity contribution in [1.29, 1.82) is 0 Å². The first-order chi connectivity index (χ1) is 5.72. The first-order valence-electron chi connectivity index (χ1n) is 5.09. The van der Waals surface area contributed by atoms with Crippen LogP contribution in [-0.2, 0) is 0 Å². The molecule has 0 bridgehead atoms. The number of aliphatic hydroxyl groups is 1. The second-order valence-corrected chi connectivity index (χ2v) is 3.91. The molecule has 1 rings (SSSR count). The van der Waals surface area contributed by atoms with E-state index in [1.165, 1.54) is 37.7 Å². The molecule has 1 heteroatoms. The van der Waals surface area contributed by atoms with Gasteiger partial charge in [-0.05, 0) is 32.6 Å². The van der Waals surface area contributed by atoms with Crippen LogP contribution >= 0.6 is 0 Å². The maximum absolute atomic E-state index is 9.42. The van der Waals surface area contributed by atoms with Crippen molar-refractivity contribution in [3.05, 3.63) is 11.6 Å². The molecule has 70 valence electrons. The van der Waals surface area contributed by atoms with Crippen molar-refractivity contribution in [3.63, 3.8) is 0 Å². The Morgan fingerprint density at radius 2 is 2.00 bits per heavy atom. The van der Waals surface area contributed by atoms with Crippen LogP contribution < -0.4 is 0 Å². The highest BCUT2D eigenvalue weighted by Gasteiger charge is 2.14. The minimum absolute atomic E-state index is 0.186. The third-order valence-electron chi connectivity index (χ3n) is 2.88. The van der Waals surface area contributed by atoms with Crippen molar-refractivity contribution >= 4 is 0 Å². The van der Waals surface area contributed by atoms with Crippen LogP contribution in [0.15, 0.2) is 11.6 Å². The zero-order valence-electron chi connectivity index (χ0n) is 8.21. The topological polar surface area (TPSA) is 20.2 Å². The van der Waals surface area contributed by atoms with E-state index in [-0.39, 0.29) is 6.10 Å². The molecule has 12 heavy (non-hydrogen) atoms. The molecule has 0 aliphatic heterocycles. The van der Waals surface area contributed by atoms with E-state index >= 15 is 0 Å². The fourth-order valence-corrected chi connectivity index (χ4v) is 1.76. The molecule has 1 nitrogen and oxygen atoms in total. The van der Waals surface area contributed by atoms with E-state index in [2.05, 4.69) is 13.0 Å². The lowest BCUT2D eigenvalue weighted by atomic mass is 9.93. The molecular weight excluding hydrogens is 148 g/mol. The second-order valence-electron chi connectivity index (χ2n) is 3.91. The predicted molar refractivity (Wildman–Crippen MR) is 52.0 cm³/mol. The molecular formula is C11H20O. The zero-order chi connectivity index (χ0) is 8.97. The lowest BCUT2D eigenvalue weighted by Crippen LogP contribution is -2.15. The van der Waals surface area contributed by atoms with Gasteiger partial charge in [-0.1, -0.05) is 25.0 Å². The third kappa shape index (κ3) is 2.63. The molecule has 0 aromatic heterocycles. The lowest BCUT2D eigenvalue weighted by Gasteiger charge is -2.17. The molecule has 2 unspecified atom stereocenters. The Morgan fingerprint density at radius 3 is 2.67 bits per heavy atom. The summed E-state index contributed by atoms with van der Waals surface area (Å²) in [4.78, 5) is 0. The number of hydrogen-bond acceptors (Lipinski definition) is 1. The first-order valence-corrected chi connectivity index (χ1v) is 5.09. The van der Waals surface area contributed by atoms with Gasteiger partial charge in [0.15, 0.2) is 0 Å². The summed E-state index contributed by atoms with van der Waals surface area (Å²) < 4.78 is 0. The van der Waals surface area contributed by atoms with Crippen molar-refractivity contribution in [3.8, 4) is 0 Å². The Kier molecular flexibility index (Phi) is 3.80. The smallest absolute Gasteiger partial charge is 0.0574 e. The average Bonchev–Trinajstić information content (AvgIpc) is 2.30. The van der Waals surface area contributed by atoms with Crippen molar-refractivity contribution < 1.29 is 5.11 Å². The van der Waals surface area contributed by atoms with Crippen LogP contribution in [0.1, 0.15) is 46.0 Å². The molecule has 0 fully saturated rings. The van der Waals surface area contributed by atoms with Crippen molar-refractivity contribution in [2.45, 2.75) is 52.1 Å². The van der Waals surface area contributed by atoms with Gasteiger partial charge in [0.05, 0.1) is 6.10 Å². The van der Waals surface area contributed by atoms with E-state index < -0.39 is 0 Å². The monoisotopic (exact) mass is 168 g/mol. The molecule has 0 radical (unpaired) electrons. The van der Waals surface area contributed by atoms with Crippen LogP contribution in [0.2, 0.25) is 0 Å². The SMILES string of the molecule is CC(O)C(C)C1=CCCCCC1. The van der Waals surface area contributed by atoms with Gasteiger partial charge < -0.3 is 5.11 Å². The highest BCUT2D eigenvalue weighted by atomic mass is 16.3. The van der Waals surface area contributed by atoms with Gasteiger partial charge in [-0.3, -0.25) is 0 Å². The molecule has 0 aromatic carbocycles. The first kappa shape index (κ1) is 9.79. The van der Waals surface area contributed by atoms with Crippen LogP contribution in [-0.4, -0.2) is 11.2 Å². The van der Waals surface area contributed by atoms with Gasteiger partial charge in [0.2, 0.25) is 0 Å². The maximum atomic E-state index is 9.42. The van der Waals surface area contributed by atoms with E-state index in [0.717, 1.165) is 0 Å². The summed E-state index contributed by atoms with van der Waals surface area (Å²) in [5.74, 6) is 0.364. The van der Waals surface area contributed by atoms with Gasteiger partial charge in [-0.2, -0.15) is 0 Å². The van der Waals surface area contributed by atoms with Crippen molar-refractivity contribution in [2.75, 3.05) is 0 Å². The summed E-state index contributed by atoms with van der Waals surface area (Å²) in [6, 6.07) is 0. The molecule has 0 heterocycles. The standard InChI is InChI=1S/C11H20O/c1-9(10(2)12)11-7-5-3-4-6-8-11/h7,9-10,12H,3-6,8H2,1-2H3. The summed E-state index contributed by atoms with van der Waals surface area (Å²) in [7, 11) is 0.